The zero-order valence-corrected chi connectivity index (χ0v) is 46.4. The van der Waals surface area contributed by atoms with E-state index in [4.69, 9.17) is 20.5 Å². The summed E-state index contributed by atoms with van der Waals surface area (Å²) in [6.45, 7) is 26.6. The fraction of sp³-hybridized carbons (Fsp3) is 0.275. The number of rotatable bonds is 3. The SMILES string of the molecule is CC(=O)O.CI.Cc1cc(B(O)O)cc(C)c1C.Cc1ccccc1-c1cc(C)c(C)c(C)c1.Cc1ccccc1-c1cc(C)c(C)c(C)c1.Cc1ccccc1Br.[2H]I.[B]I. The van der Waals surface area contributed by atoms with Crippen LogP contribution in [0.5, 0.6) is 0 Å². The molecule has 0 fully saturated rings. The third-order valence-electron chi connectivity index (χ3n) is 10.1. The van der Waals surface area contributed by atoms with Gasteiger partial charge in [0.25, 0.3) is 5.97 Å². The molecule has 0 amide bonds. The Labute approximate surface area is 423 Å². The van der Waals surface area contributed by atoms with Crippen LogP contribution >= 0.6 is 84.7 Å². The monoisotopic (exact) mass is 1220 g/mol. The summed E-state index contributed by atoms with van der Waals surface area (Å²) in [5, 5.41) is 25.3. The number of carboxylic acids is 1. The highest BCUT2D eigenvalue weighted by Gasteiger charge is 2.12. The Balaban J connectivity index is 0. The number of alkyl halides is 1. The number of aryl methyl sites for hydroxylation is 9. The highest BCUT2D eigenvalue weighted by atomic mass is 127. The number of hydrogen-bond acceptors (Lipinski definition) is 3. The standard InChI is InChI=1S/2C16H18.C9H13BO2.C7H7Br.C2H4O2.CH3I.BI.HI/c2*1-11-7-5-6-8-16(11)15-9-12(2)14(4)13(3)10-15;1-6-4-9(10(11)12)5-7(2)8(6)3;1-6-4-2-3-5-7(6)8;1-2(3)4;2*1-2;/h2*5-10H,1-4H3;4-5,11-12H,1-3H3;2-5H,1H3;1H3,(H,3,4);1H3;;1H/i/hD. The molecule has 10 heteroatoms. The van der Waals surface area contributed by atoms with Crippen LogP contribution in [0.3, 0.4) is 0 Å². The quantitative estimate of drug-likeness (QED) is 0.0937. The second kappa shape index (κ2) is 32.2. The molecule has 2 radical (unpaired) electrons. The van der Waals surface area contributed by atoms with Gasteiger partial charge in [0.1, 0.15) is 0.594 Å². The van der Waals surface area contributed by atoms with Crippen molar-refractivity contribution in [3.8, 4) is 22.3 Å². The smallest absolute Gasteiger partial charge is 0.481 e. The summed E-state index contributed by atoms with van der Waals surface area (Å²) in [7, 11) is -1.36. The molecular weight excluding hydrogens is 1160 g/mol. The van der Waals surface area contributed by atoms with Crippen molar-refractivity contribution >= 4 is 109 Å². The van der Waals surface area contributed by atoms with Crippen molar-refractivity contribution in [1.82, 2.24) is 0 Å². The van der Waals surface area contributed by atoms with Crippen molar-refractivity contribution < 1.29 is 19.9 Å². The fourth-order valence-corrected chi connectivity index (χ4v) is 6.23. The number of carbonyl (C=O) groups is 1. The highest BCUT2D eigenvalue weighted by Crippen LogP contribution is 2.28. The van der Waals surface area contributed by atoms with Crippen LogP contribution < -0.4 is 5.46 Å². The zero-order chi connectivity index (χ0) is 48.3. The van der Waals surface area contributed by atoms with Crippen LogP contribution in [0.15, 0.2) is 114 Å². The molecule has 326 valence electrons. The summed E-state index contributed by atoms with van der Waals surface area (Å²) in [5.74, 6) is -0.833. The second-order valence-corrected chi connectivity index (χ2v) is 15.4. The van der Waals surface area contributed by atoms with Gasteiger partial charge in [-0.2, -0.15) is 22.4 Å². The van der Waals surface area contributed by atoms with Gasteiger partial charge in [-0.15, -0.1) is 23.8 Å². The lowest BCUT2D eigenvalue weighted by Crippen LogP contribution is -2.30. The number of hydrogen-bond donors (Lipinski definition) is 3. The molecule has 6 aromatic carbocycles. The molecule has 0 aliphatic heterocycles. The molecular formula is C51H64B2BrI3O4. The zero-order valence-electron chi connectivity index (χ0n) is 39.3. The molecule has 0 saturated carbocycles. The maximum atomic E-state index is 9.00. The van der Waals surface area contributed by atoms with Crippen LogP contribution in [0.1, 0.15) is 73.7 Å². The van der Waals surface area contributed by atoms with E-state index in [1.165, 1.54) is 106 Å². The summed E-state index contributed by atoms with van der Waals surface area (Å²) < 4.78 is 6.90. The maximum Gasteiger partial charge on any atom is 0.488 e. The second-order valence-electron chi connectivity index (χ2n) is 14.5. The predicted molar refractivity (Wildman–Crippen MR) is 299 cm³/mol. The maximum absolute atomic E-state index is 9.00. The molecule has 0 aliphatic rings. The van der Waals surface area contributed by atoms with Crippen molar-refractivity contribution in [3.63, 3.8) is 0 Å². The lowest BCUT2D eigenvalue weighted by molar-refractivity contribution is -0.134. The Kier molecular flexibility index (Phi) is 30.9. The molecule has 0 aliphatic carbocycles. The first kappa shape index (κ1) is 58.5. The van der Waals surface area contributed by atoms with Crippen molar-refractivity contribution in [2.24, 2.45) is 0 Å². The molecule has 0 saturated heterocycles. The van der Waals surface area contributed by atoms with Crippen molar-refractivity contribution in [2.75, 3.05) is 4.93 Å². The molecule has 0 unspecified atom stereocenters. The van der Waals surface area contributed by atoms with E-state index in [1.807, 2.05) is 43.9 Å². The van der Waals surface area contributed by atoms with Gasteiger partial charge in [-0.05, 0) is 189 Å². The van der Waals surface area contributed by atoms with Crippen LogP contribution in [-0.4, -0.2) is 39.5 Å². The minimum absolute atomic E-state index is 0.565. The van der Waals surface area contributed by atoms with E-state index >= 15 is 0 Å². The van der Waals surface area contributed by atoms with Crippen LogP contribution in [0.4, 0.5) is 0 Å². The van der Waals surface area contributed by atoms with E-state index < -0.39 is 13.1 Å². The normalized spacial score (nSPS) is 9.41. The Morgan fingerprint density at radius 3 is 1.00 bits per heavy atom. The third-order valence-corrected chi connectivity index (χ3v) is 11.0. The number of benzene rings is 6. The van der Waals surface area contributed by atoms with Gasteiger partial charge in [0.2, 0.25) is 0 Å². The van der Waals surface area contributed by atoms with Gasteiger partial charge in [0, 0.05) is 11.4 Å². The van der Waals surface area contributed by atoms with E-state index in [-0.39, 0.29) is 0 Å². The van der Waals surface area contributed by atoms with E-state index in [0.29, 0.717) is 5.46 Å². The first-order valence-electron chi connectivity index (χ1n) is 19.8. The highest BCUT2D eigenvalue weighted by molar-refractivity contribution is 14.1. The summed E-state index contributed by atoms with van der Waals surface area (Å²) >= 11 is 8.60. The number of aliphatic carboxylic acids is 1. The summed E-state index contributed by atoms with van der Waals surface area (Å²) in [6, 6.07) is 38.0. The molecule has 4 nitrogen and oxygen atoms in total. The average molecular weight is 1220 g/mol. The molecule has 0 heterocycles. The van der Waals surface area contributed by atoms with Gasteiger partial charge in [-0.3, -0.25) is 4.79 Å². The minimum atomic E-state index is -1.36. The van der Waals surface area contributed by atoms with Crippen LogP contribution in [0.2, 0.25) is 0 Å². The largest absolute Gasteiger partial charge is 0.488 e. The van der Waals surface area contributed by atoms with Crippen molar-refractivity contribution in [1.29, 1.82) is 0.594 Å². The lowest BCUT2D eigenvalue weighted by atomic mass is 9.78. The molecule has 0 bridgehead atoms. The number of carboxylic acid groups (broad SMARTS) is 1. The lowest BCUT2D eigenvalue weighted by Gasteiger charge is -2.11. The molecule has 6 aromatic rings. The Hall–Kier alpha value is -2.49. The first-order chi connectivity index (χ1) is 29.2. The van der Waals surface area contributed by atoms with Crippen molar-refractivity contribution in [3.05, 3.63) is 180 Å². The minimum Gasteiger partial charge on any atom is -0.481 e. The molecule has 0 spiro atoms. The van der Waals surface area contributed by atoms with E-state index in [9.17, 15) is 0 Å². The van der Waals surface area contributed by atoms with Gasteiger partial charge in [-0.25, -0.2) is 0 Å². The van der Waals surface area contributed by atoms with Crippen LogP contribution in [0.25, 0.3) is 22.3 Å². The third kappa shape index (κ3) is 21.6. The Morgan fingerprint density at radius 2 is 0.770 bits per heavy atom. The summed E-state index contributed by atoms with van der Waals surface area (Å²) in [6.07, 6.45) is 0. The summed E-state index contributed by atoms with van der Waals surface area (Å²) in [4.78, 5) is 11.0. The van der Waals surface area contributed by atoms with Crippen LogP contribution in [-0.2, 0) is 4.79 Å². The average Bonchev–Trinajstić information content (AvgIpc) is 3.24. The Bertz CT molecular complexity index is 2060. The van der Waals surface area contributed by atoms with Gasteiger partial charge >= 0.3 is 7.12 Å². The molecule has 61 heavy (non-hydrogen) atoms. The van der Waals surface area contributed by atoms with Gasteiger partial charge in [0.05, 0.1) is 0 Å². The Morgan fingerprint density at radius 1 is 0.525 bits per heavy atom. The number of halogens is 4. The van der Waals surface area contributed by atoms with Gasteiger partial charge in [0.15, 0.2) is 5.70 Å². The summed E-state index contributed by atoms with van der Waals surface area (Å²) in [5.41, 5.74) is 26.0. The molecule has 0 atom stereocenters. The molecule has 6 rings (SSSR count). The van der Waals surface area contributed by atoms with E-state index in [0.717, 1.165) is 18.1 Å². The fourth-order valence-electron chi connectivity index (χ4n) is 5.95. The predicted octanol–water partition coefficient (Wildman–Crippen LogP) is 14.5. The van der Waals surface area contributed by atoms with Crippen LogP contribution in [0, 0.1) is 83.1 Å². The van der Waals surface area contributed by atoms with Crippen molar-refractivity contribution in [2.45, 2.75) is 90.0 Å². The molecule has 0 aromatic heterocycles. The van der Waals surface area contributed by atoms with Gasteiger partial charge < -0.3 is 15.2 Å². The van der Waals surface area contributed by atoms with E-state index in [1.54, 1.807) is 34.5 Å². The van der Waals surface area contributed by atoms with E-state index in [2.05, 4.69) is 185 Å². The molecule has 3 N–H and O–H groups in total. The van der Waals surface area contributed by atoms with Gasteiger partial charge in [-0.1, -0.05) is 142 Å². The first-order valence-corrected chi connectivity index (χ1v) is 23.7. The topological polar surface area (TPSA) is 77.8 Å².